The Morgan fingerprint density at radius 1 is 1.04 bits per heavy atom. The summed E-state index contributed by atoms with van der Waals surface area (Å²) in [5.41, 5.74) is 0. The number of nitrogens with zero attached hydrogens (tertiary/aromatic N) is 2. The molecule has 2 unspecified atom stereocenters. The van der Waals surface area contributed by atoms with E-state index in [2.05, 4.69) is 0 Å². The van der Waals surface area contributed by atoms with Crippen LogP contribution in [0, 0.1) is 0 Å². The lowest BCUT2D eigenvalue weighted by molar-refractivity contribution is -0.137. The fourth-order valence-electron chi connectivity index (χ4n) is 4.56. The zero-order valence-corrected chi connectivity index (χ0v) is 16.2. The molecular formula is C18H32N2O4S. The minimum Gasteiger partial charge on any atom is -0.377 e. The van der Waals surface area contributed by atoms with Crippen LogP contribution in [0.15, 0.2) is 0 Å². The second-order valence-corrected chi connectivity index (χ2v) is 10.2. The van der Waals surface area contributed by atoms with Gasteiger partial charge in [0.1, 0.15) is 0 Å². The Bertz CT molecular complexity index is 553. The maximum absolute atomic E-state index is 13.0. The summed E-state index contributed by atoms with van der Waals surface area (Å²) in [7, 11) is -1.02. The summed E-state index contributed by atoms with van der Waals surface area (Å²) in [4.78, 5) is 17.0. The van der Waals surface area contributed by atoms with Crippen molar-refractivity contribution in [3.05, 3.63) is 0 Å². The predicted molar refractivity (Wildman–Crippen MR) is 97.2 cm³/mol. The van der Waals surface area contributed by atoms with E-state index in [4.69, 9.17) is 4.74 Å². The van der Waals surface area contributed by atoms with Gasteiger partial charge in [-0.05, 0) is 45.6 Å². The van der Waals surface area contributed by atoms with Crippen LogP contribution in [0.4, 0.5) is 0 Å². The van der Waals surface area contributed by atoms with E-state index < -0.39 is 9.84 Å². The molecule has 1 saturated carbocycles. The molecule has 0 aromatic carbocycles. The highest BCUT2D eigenvalue weighted by atomic mass is 32.2. The number of likely N-dealkylation sites (N-methyl/N-ethyl adjacent to an activating group) is 1. The van der Waals surface area contributed by atoms with Gasteiger partial charge >= 0.3 is 0 Å². The van der Waals surface area contributed by atoms with Gasteiger partial charge in [-0.25, -0.2) is 8.42 Å². The Balaban J connectivity index is 1.60. The first kappa shape index (κ1) is 19.1. The maximum Gasteiger partial charge on any atom is 0.237 e. The second-order valence-electron chi connectivity index (χ2n) is 7.98. The molecule has 2 heterocycles. The number of amides is 1. The van der Waals surface area contributed by atoms with Crippen LogP contribution in [0.25, 0.3) is 0 Å². The summed E-state index contributed by atoms with van der Waals surface area (Å²) in [6, 6.07) is 0.102. The third kappa shape index (κ3) is 5.17. The average Bonchev–Trinajstić information content (AvgIpc) is 3.18. The number of hydrogen-bond donors (Lipinski definition) is 0. The molecule has 6 nitrogen and oxygen atoms in total. The van der Waals surface area contributed by atoms with Crippen molar-refractivity contribution in [2.45, 2.75) is 69.6 Å². The fraction of sp³-hybridized carbons (Fsp3) is 0.944. The van der Waals surface area contributed by atoms with Gasteiger partial charge in [0.2, 0.25) is 5.91 Å². The summed E-state index contributed by atoms with van der Waals surface area (Å²) in [5.74, 6) is 0.456. The van der Waals surface area contributed by atoms with E-state index in [1.165, 1.54) is 6.42 Å². The van der Waals surface area contributed by atoms with Crippen LogP contribution in [-0.4, -0.2) is 80.6 Å². The summed E-state index contributed by atoms with van der Waals surface area (Å²) in [5, 5.41) is 0. The molecule has 3 aliphatic rings. The number of carbonyl (C=O) groups excluding carboxylic acids is 1. The maximum atomic E-state index is 13.0. The van der Waals surface area contributed by atoms with Crippen LogP contribution >= 0.6 is 0 Å². The van der Waals surface area contributed by atoms with Gasteiger partial charge in [-0.15, -0.1) is 0 Å². The molecule has 0 aromatic heterocycles. The average molecular weight is 373 g/mol. The number of sulfone groups is 1. The zero-order valence-electron chi connectivity index (χ0n) is 15.4. The molecule has 0 spiro atoms. The Morgan fingerprint density at radius 2 is 1.76 bits per heavy atom. The van der Waals surface area contributed by atoms with E-state index in [0.717, 1.165) is 51.7 Å². The SMILES string of the molecule is CN(CC(=O)N(C1CCCC1)C1CCS(=O)(=O)C1)CC1CCCCO1. The van der Waals surface area contributed by atoms with Gasteiger partial charge in [0.05, 0.1) is 24.2 Å². The van der Waals surface area contributed by atoms with Crippen molar-refractivity contribution in [2.75, 3.05) is 38.2 Å². The van der Waals surface area contributed by atoms with Gasteiger partial charge in [0.25, 0.3) is 0 Å². The third-order valence-electron chi connectivity index (χ3n) is 5.80. The van der Waals surface area contributed by atoms with E-state index in [9.17, 15) is 13.2 Å². The number of rotatable bonds is 6. The van der Waals surface area contributed by atoms with E-state index >= 15 is 0 Å². The van der Waals surface area contributed by atoms with Crippen LogP contribution < -0.4 is 0 Å². The molecule has 0 bridgehead atoms. The van der Waals surface area contributed by atoms with Crippen LogP contribution in [0.3, 0.4) is 0 Å². The van der Waals surface area contributed by atoms with Crippen molar-refractivity contribution in [2.24, 2.45) is 0 Å². The molecule has 2 saturated heterocycles. The zero-order chi connectivity index (χ0) is 17.9. The predicted octanol–water partition coefficient (Wildman–Crippen LogP) is 1.45. The molecule has 3 fully saturated rings. The molecular weight excluding hydrogens is 340 g/mol. The highest BCUT2D eigenvalue weighted by Gasteiger charge is 2.39. The highest BCUT2D eigenvalue weighted by molar-refractivity contribution is 7.91. The Morgan fingerprint density at radius 3 is 2.36 bits per heavy atom. The third-order valence-corrected chi connectivity index (χ3v) is 7.55. The number of hydrogen-bond acceptors (Lipinski definition) is 5. The topological polar surface area (TPSA) is 66.9 Å². The standard InChI is InChI=1S/C18H32N2O4S/c1-19(12-17-8-4-5-10-24-17)13-18(21)20(15-6-2-3-7-15)16-9-11-25(22,23)14-16/h15-17H,2-14H2,1H3. The summed E-state index contributed by atoms with van der Waals surface area (Å²) < 4.78 is 29.6. The Hall–Kier alpha value is -0.660. The lowest BCUT2D eigenvalue weighted by atomic mass is 10.1. The lowest BCUT2D eigenvalue weighted by Gasteiger charge is -2.36. The quantitative estimate of drug-likeness (QED) is 0.706. The fourth-order valence-corrected chi connectivity index (χ4v) is 6.27. The van der Waals surface area contributed by atoms with Gasteiger partial charge in [-0.3, -0.25) is 9.69 Å². The largest absolute Gasteiger partial charge is 0.377 e. The van der Waals surface area contributed by atoms with Crippen molar-refractivity contribution in [1.82, 2.24) is 9.80 Å². The second kappa shape index (κ2) is 8.35. The lowest BCUT2D eigenvalue weighted by Crippen LogP contribution is -2.51. The first-order chi connectivity index (χ1) is 11.9. The first-order valence-electron chi connectivity index (χ1n) is 9.76. The van der Waals surface area contributed by atoms with Gasteiger partial charge < -0.3 is 9.64 Å². The van der Waals surface area contributed by atoms with Crippen molar-refractivity contribution < 1.29 is 17.9 Å². The van der Waals surface area contributed by atoms with Gasteiger partial charge in [0, 0.05) is 25.2 Å². The molecule has 0 N–H and O–H groups in total. The van der Waals surface area contributed by atoms with Crippen molar-refractivity contribution >= 4 is 15.7 Å². The van der Waals surface area contributed by atoms with E-state index in [0.29, 0.717) is 13.0 Å². The van der Waals surface area contributed by atoms with E-state index in [-0.39, 0.29) is 35.6 Å². The van der Waals surface area contributed by atoms with Gasteiger partial charge in [0.15, 0.2) is 9.84 Å². The van der Waals surface area contributed by atoms with Crippen LogP contribution in [0.5, 0.6) is 0 Å². The van der Waals surface area contributed by atoms with Crippen molar-refractivity contribution in [1.29, 1.82) is 0 Å². The molecule has 25 heavy (non-hydrogen) atoms. The van der Waals surface area contributed by atoms with E-state index in [1.54, 1.807) is 0 Å². The van der Waals surface area contributed by atoms with Crippen LogP contribution in [0.1, 0.15) is 51.4 Å². The molecule has 2 atom stereocenters. The van der Waals surface area contributed by atoms with Gasteiger partial charge in [-0.1, -0.05) is 12.8 Å². The minimum atomic E-state index is -2.98. The van der Waals surface area contributed by atoms with Gasteiger partial charge in [-0.2, -0.15) is 0 Å². The Kier molecular flexibility index (Phi) is 6.39. The number of ether oxygens (including phenoxy) is 1. The molecule has 0 radical (unpaired) electrons. The van der Waals surface area contributed by atoms with Crippen molar-refractivity contribution in [3.8, 4) is 0 Å². The molecule has 144 valence electrons. The summed E-state index contributed by atoms with van der Waals surface area (Å²) >= 11 is 0. The summed E-state index contributed by atoms with van der Waals surface area (Å²) in [6.45, 7) is 1.95. The van der Waals surface area contributed by atoms with Crippen LogP contribution in [-0.2, 0) is 19.4 Å². The first-order valence-corrected chi connectivity index (χ1v) is 11.6. The van der Waals surface area contributed by atoms with Crippen LogP contribution in [0.2, 0.25) is 0 Å². The Labute approximate surface area is 151 Å². The minimum absolute atomic E-state index is 0.0901. The molecule has 1 amide bonds. The molecule has 0 aromatic rings. The van der Waals surface area contributed by atoms with E-state index in [1.807, 2.05) is 16.8 Å². The highest BCUT2D eigenvalue weighted by Crippen LogP contribution is 2.29. The van der Waals surface area contributed by atoms with Crippen molar-refractivity contribution in [3.63, 3.8) is 0 Å². The molecule has 1 aliphatic carbocycles. The molecule has 7 heteroatoms. The molecule has 3 rings (SSSR count). The normalized spacial score (nSPS) is 30.0. The number of carbonyl (C=O) groups is 1. The smallest absolute Gasteiger partial charge is 0.237 e. The molecule has 2 aliphatic heterocycles. The summed E-state index contributed by atoms with van der Waals surface area (Å²) in [6.07, 6.45) is 8.50. The monoisotopic (exact) mass is 372 g/mol.